The minimum absolute atomic E-state index is 0.0814. The van der Waals surface area contributed by atoms with Gasteiger partial charge < -0.3 is 19.1 Å². The highest BCUT2D eigenvalue weighted by molar-refractivity contribution is 6.02. The van der Waals surface area contributed by atoms with Gasteiger partial charge in [-0.15, -0.1) is 0 Å². The largest absolute Gasteiger partial charge is 0.490 e. The second-order valence-corrected chi connectivity index (χ2v) is 7.22. The maximum atomic E-state index is 12.9. The number of hydrogen-bond donors (Lipinski definition) is 1. The molecule has 5 rings (SSSR count). The number of benzene rings is 2. The van der Waals surface area contributed by atoms with Crippen molar-refractivity contribution >= 4 is 28.8 Å². The Labute approximate surface area is 186 Å². The summed E-state index contributed by atoms with van der Waals surface area (Å²) in [5.41, 5.74) is 2.72. The molecule has 3 aromatic heterocycles. The fraction of sp³-hybridized carbons (Fsp3) is 0.0909. The van der Waals surface area contributed by atoms with Gasteiger partial charge in [-0.3, -0.25) is 10.1 Å². The predicted octanol–water partition coefficient (Wildman–Crippen LogP) is 3.48. The summed E-state index contributed by atoms with van der Waals surface area (Å²) < 4.78 is 8.81. The summed E-state index contributed by atoms with van der Waals surface area (Å²) >= 11 is 0. The van der Waals surface area contributed by atoms with Gasteiger partial charge in [0.25, 0.3) is 5.91 Å². The number of hydrogen-bond acceptors (Lipinski definition) is 7. The lowest BCUT2D eigenvalue weighted by Gasteiger charge is -2.09. The molecule has 0 saturated carbocycles. The molecule has 0 aliphatic rings. The summed E-state index contributed by atoms with van der Waals surface area (Å²) in [6.07, 6.45) is 1.23. The Morgan fingerprint density at radius 2 is 1.82 bits per heavy atom. The lowest BCUT2D eigenvalue weighted by atomic mass is 10.2. The van der Waals surface area contributed by atoms with Crippen molar-refractivity contribution in [1.29, 1.82) is 0 Å². The number of rotatable bonds is 7. The summed E-state index contributed by atoms with van der Waals surface area (Å²) in [4.78, 5) is 31.1. The second kappa shape index (κ2) is 8.38. The Morgan fingerprint density at radius 3 is 2.61 bits per heavy atom. The molecule has 1 N–H and O–H groups in total. The fourth-order valence-corrected chi connectivity index (χ4v) is 3.45. The molecular weight excluding hydrogens is 426 g/mol. The van der Waals surface area contributed by atoms with Gasteiger partial charge in [0.15, 0.2) is 5.76 Å². The molecule has 0 radical (unpaired) electrons. The third-order valence-corrected chi connectivity index (χ3v) is 4.95. The van der Waals surface area contributed by atoms with E-state index in [4.69, 9.17) is 4.42 Å². The average Bonchev–Trinajstić information content (AvgIpc) is 3.55. The van der Waals surface area contributed by atoms with Crippen LogP contribution in [0.2, 0.25) is 0 Å². The van der Waals surface area contributed by atoms with E-state index in [0.29, 0.717) is 18.3 Å². The lowest BCUT2D eigenvalue weighted by molar-refractivity contribution is -0.394. The van der Waals surface area contributed by atoms with Crippen LogP contribution in [0.5, 0.6) is 0 Å². The number of para-hydroxylation sites is 2. The van der Waals surface area contributed by atoms with Crippen LogP contribution in [0.1, 0.15) is 21.9 Å². The molecule has 2 aromatic carbocycles. The number of carbonyl (C=O) groups excluding carboxylic acids is 1. The number of amides is 1. The monoisotopic (exact) mass is 443 g/mol. The number of aromatic nitrogens is 5. The zero-order chi connectivity index (χ0) is 22.8. The van der Waals surface area contributed by atoms with Crippen LogP contribution in [0.4, 0.5) is 11.9 Å². The smallest absolute Gasteiger partial charge is 0.454 e. The molecular formula is C22H17N7O4. The number of nitrogens with zero attached hydrogens (tertiary/aromatic N) is 6. The third-order valence-electron chi connectivity index (χ3n) is 4.95. The summed E-state index contributed by atoms with van der Waals surface area (Å²) in [6.45, 7) is 0.631. The minimum atomic E-state index is -0.682. The highest BCUT2D eigenvalue weighted by atomic mass is 16.6. The zero-order valence-electron chi connectivity index (χ0n) is 17.2. The molecule has 0 bridgehead atoms. The van der Waals surface area contributed by atoms with Gasteiger partial charge in [-0.2, -0.15) is 4.68 Å². The summed E-state index contributed by atoms with van der Waals surface area (Å²) in [5, 5.41) is 17.3. The maximum absolute atomic E-state index is 12.9. The molecule has 11 nitrogen and oxygen atoms in total. The van der Waals surface area contributed by atoms with E-state index in [1.165, 1.54) is 17.1 Å². The molecule has 0 aliphatic heterocycles. The van der Waals surface area contributed by atoms with Gasteiger partial charge in [0.2, 0.25) is 12.3 Å². The van der Waals surface area contributed by atoms with E-state index in [-0.39, 0.29) is 12.3 Å². The Morgan fingerprint density at radius 1 is 1.03 bits per heavy atom. The molecule has 0 aliphatic carbocycles. The zero-order valence-corrected chi connectivity index (χ0v) is 17.2. The van der Waals surface area contributed by atoms with E-state index in [1.54, 1.807) is 6.07 Å². The third kappa shape index (κ3) is 4.19. The molecule has 0 unspecified atom stereocenters. The Hall–Kier alpha value is -4.80. The first kappa shape index (κ1) is 20.1. The van der Waals surface area contributed by atoms with Crippen molar-refractivity contribution in [3.63, 3.8) is 0 Å². The molecule has 1 amide bonds. The molecule has 11 heteroatoms. The molecule has 3 heterocycles. The van der Waals surface area contributed by atoms with Crippen molar-refractivity contribution in [3.05, 3.63) is 100 Å². The number of fused-ring (bicyclic) bond motifs is 1. The standard InChI is InChI=1S/C22H17N7O4/c30-20(19-11-10-16(33-19)13-27-14-23-21(26-27)29(31)32)25-22-24-17-8-4-5-9-18(17)28(22)12-15-6-2-1-3-7-15/h1-11,14H,12-13H2,(H,24,25,30). The van der Waals surface area contributed by atoms with E-state index in [0.717, 1.165) is 16.6 Å². The summed E-state index contributed by atoms with van der Waals surface area (Å²) in [6, 6.07) is 20.7. The Kier molecular flexibility index (Phi) is 5.11. The molecule has 5 aromatic rings. The fourth-order valence-electron chi connectivity index (χ4n) is 3.45. The van der Waals surface area contributed by atoms with Gasteiger partial charge in [0, 0.05) is 5.10 Å². The van der Waals surface area contributed by atoms with Gasteiger partial charge in [0.1, 0.15) is 12.3 Å². The first-order valence-electron chi connectivity index (χ1n) is 10.00. The molecule has 0 saturated heterocycles. The Bertz CT molecular complexity index is 1450. The Balaban J connectivity index is 1.37. The van der Waals surface area contributed by atoms with Crippen molar-refractivity contribution in [1.82, 2.24) is 24.3 Å². The summed E-state index contributed by atoms with van der Waals surface area (Å²) in [5.74, 6) is -0.0853. The molecule has 0 atom stereocenters. The number of imidazole rings is 1. The predicted molar refractivity (Wildman–Crippen MR) is 118 cm³/mol. The van der Waals surface area contributed by atoms with Crippen molar-refractivity contribution in [2.45, 2.75) is 13.1 Å². The first-order valence-corrected chi connectivity index (χ1v) is 10.00. The number of anilines is 1. The van der Waals surface area contributed by atoms with E-state index < -0.39 is 16.8 Å². The van der Waals surface area contributed by atoms with Crippen LogP contribution < -0.4 is 5.32 Å². The van der Waals surface area contributed by atoms with E-state index in [2.05, 4.69) is 20.4 Å². The van der Waals surface area contributed by atoms with Crippen LogP contribution in [0.15, 0.2) is 77.5 Å². The first-order chi connectivity index (χ1) is 16.1. The number of nitro groups is 1. The molecule has 0 fully saturated rings. The van der Waals surface area contributed by atoms with E-state index in [1.807, 2.05) is 59.2 Å². The highest BCUT2D eigenvalue weighted by Gasteiger charge is 2.19. The summed E-state index contributed by atoms with van der Waals surface area (Å²) in [7, 11) is 0. The van der Waals surface area contributed by atoms with Crippen LogP contribution in [0.3, 0.4) is 0 Å². The van der Waals surface area contributed by atoms with Crippen LogP contribution in [0, 0.1) is 10.1 Å². The average molecular weight is 443 g/mol. The van der Waals surface area contributed by atoms with Gasteiger partial charge >= 0.3 is 5.95 Å². The second-order valence-electron chi connectivity index (χ2n) is 7.22. The van der Waals surface area contributed by atoms with Gasteiger partial charge in [0.05, 0.1) is 17.6 Å². The van der Waals surface area contributed by atoms with Gasteiger partial charge in [-0.05, 0) is 34.8 Å². The van der Waals surface area contributed by atoms with Crippen LogP contribution in [0.25, 0.3) is 11.0 Å². The normalized spacial score (nSPS) is 11.0. The van der Waals surface area contributed by atoms with Gasteiger partial charge in [-0.1, -0.05) is 47.4 Å². The van der Waals surface area contributed by atoms with Crippen molar-refractivity contribution < 1.29 is 14.1 Å². The van der Waals surface area contributed by atoms with Crippen molar-refractivity contribution in [2.24, 2.45) is 0 Å². The maximum Gasteiger partial charge on any atom is 0.490 e. The topological polar surface area (TPSA) is 134 Å². The quantitative estimate of drug-likeness (QED) is 0.301. The molecule has 33 heavy (non-hydrogen) atoms. The van der Waals surface area contributed by atoms with E-state index in [9.17, 15) is 14.9 Å². The highest BCUT2D eigenvalue weighted by Crippen LogP contribution is 2.22. The van der Waals surface area contributed by atoms with Gasteiger partial charge in [-0.25, -0.2) is 4.98 Å². The van der Waals surface area contributed by atoms with E-state index >= 15 is 0 Å². The molecule has 164 valence electrons. The van der Waals surface area contributed by atoms with Crippen LogP contribution >= 0.6 is 0 Å². The number of furan rings is 1. The van der Waals surface area contributed by atoms with Crippen LogP contribution in [-0.2, 0) is 13.1 Å². The minimum Gasteiger partial charge on any atom is -0.454 e. The van der Waals surface area contributed by atoms with Crippen molar-refractivity contribution in [2.75, 3.05) is 5.32 Å². The number of carbonyl (C=O) groups is 1. The van der Waals surface area contributed by atoms with Crippen LogP contribution in [-0.4, -0.2) is 35.1 Å². The SMILES string of the molecule is O=C(Nc1nc2ccccc2n1Cc1ccccc1)c1ccc(Cn2cnc([N+](=O)[O-])n2)o1. The van der Waals surface area contributed by atoms with Crippen molar-refractivity contribution in [3.8, 4) is 0 Å². The number of nitrogens with one attached hydrogen (secondary N) is 1. The molecule has 0 spiro atoms. The lowest BCUT2D eigenvalue weighted by Crippen LogP contribution is -2.16.